The number of nitrogens with zero attached hydrogens (tertiary/aromatic N) is 1. The van der Waals surface area contributed by atoms with E-state index in [-0.39, 0.29) is 18.2 Å². The van der Waals surface area contributed by atoms with Gasteiger partial charge in [0.25, 0.3) is 0 Å². The number of hydrogen-bond donors (Lipinski definition) is 3. The molecule has 3 rings (SSSR count). The quantitative estimate of drug-likeness (QED) is 0.651. The van der Waals surface area contributed by atoms with E-state index in [2.05, 4.69) is 16.0 Å². The van der Waals surface area contributed by atoms with Crippen LogP contribution in [0.5, 0.6) is 0 Å². The molecule has 0 spiro atoms. The number of halogens is 3. The predicted molar refractivity (Wildman–Crippen MR) is 98.8 cm³/mol. The van der Waals surface area contributed by atoms with Crippen LogP contribution < -0.4 is 16.0 Å². The molecule has 6 nitrogen and oxygen atoms in total. The van der Waals surface area contributed by atoms with E-state index in [1.165, 1.54) is 4.90 Å². The molecule has 1 saturated heterocycles. The van der Waals surface area contributed by atoms with E-state index in [1.807, 2.05) is 0 Å². The average Bonchev–Trinajstić information content (AvgIpc) is 3.48. The Morgan fingerprint density at radius 3 is 2.36 bits per heavy atom. The highest BCUT2D eigenvalue weighted by Gasteiger charge is 2.43. The molecular weight excluding hydrogens is 373 g/mol. The molecular formula is C19H25F3N4O2. The summed E-state index contributed by atoms with van der Waals surface area (Å²) in [5.41, 5.74) is 1.32. The Morgan fingerprint density at radius 2 is 1.79 bits per heavy atom. The molecule has 1 unspecified atom stereocenters. The minimum absolute atomic E-state index is 0.00315. The smallest absolute Gasteiger partial charge is 0.354 e. The van der Waals surface area contributed by atoms with E-state index in [0.717, 1.165) is 12.8 Å². The van der Waals surface area contributed by atoms with Gasteiger partial charge in [0.05, 0.1) is 6.42 Å². The third-order valence-electron chi connectivity index (χ3n) is 5.00. The number of nitrogens with one attached hydrogen (secondary N) is 3. The fraction of sp³-hybridized carbons (Fsp3) is 0.579. The molecule has 1 atom stereocenters. The Kier molecular flexibility index (Phi) is 6.56. The minimum atomic E-state index is -4.40. The third-order valence-corrected chi connectivity index (χ3v) is 5.00. The lowest BCUT2D eigenvalue weighted by Crippen LogP contribution is -2.57. The van der Waals surface area contributed by atoms with E-state index >= 15 is 0 Å². The lowest BCUT2D eigenvalue weighted by atomic mass is 10.1. The van der Waals surface area contributed by atoms with Crippen molar-refractivity contribution in [1.82, 2.24) is 15.5 Å². The second-order valence-corrected chi connectivity index (χ2v) is 7.28. The second kappa shape index (κ2) is 8.91. The summed E-state index contributed by atoms with van der Waals surface area (Å²) in [6, 6.07) is 5.10. The second-order valence-electron chi connectivity index (χ2n) is 7.28. The molecule has 1 aromatic rings. The highest BCUT2D eigenvalue weighted by Crippen LogP contribution is 2.30. The van der Waals surface area contributed by atoms with Gasteiger partial charge in [-0.3, -0.25) is 14.5 Å². The Balaban J connectivity index is 1.48. The van der Waals surface area contributed by atoms with Gasteiger partial charge < -0.3 is 16.0 Å². The maximum absolute atomic E-state index is 13.3. The molecule has 154 valence electrons. The fourth-order valence-electron chi connectivity index (χ4n) is 3.20. The largest absolute Gasteiger partial charge is 0.405 e. The van der Waals surface area contributed by atoms with Gasteiger partial charge in [-0.05, 0) is 30.5 Å². The van der Waals surface area contributed by atoms with Gasteiger partial charge in [0, 0.05) is 44.3 Å². The molecule has 1 aromatic carbocycles. The summed E-state index contributed by atoms with van der Waals surface area (Å²) in [5.74, 6) is -0.363. The standard InChI is InChI=1S/C19H25F3N4O2/c20-19(21,22)16(26-9-7-23-8-10-26)12-24-17(27)11-13-1-5-15(6-2-13)25-18(28)14-3-4-14/h1-2,5-6,14,16,23H,3-4,7-12H2,(H,24,27)(H,25,28). The number of hydrogen-bond acceptors (Lipinski definition) is 4. The number of anilines is 1. The number of carbonyl (C=O) groups excluding carboxylic acids is 2. The molecule has 2 aliphatic rings. The summed E-state index contributed by atoms with van der Waals surface area (Å²) in [5, 5.41) is 8.24. The van der Waals surface area contributed by atoms with Crippen LogP contribution in [0, 0.1) is 5.92 Å². The van der Waals surface area contributed by atoms with Gasteiger partial charge in [-0.15, -0.1) is 0 Å². The Hall–Kier alpha value is -2.13. The molecule has 1 aliphatic heterocycles. The van der Waals surface area contributed by atoms with Gasteiger partial charge in [0.2, 0.25) is 11.8 Å². The van der Waals surface area contributed by atoms with Gasteiger partial charge in [0.15, 0.2) is 0 Å². The van der Waals surface area contributed by atoms with Crippen LogP contribution in [0.1, 0.15) is 18.4 Å². The molecule has 1 saturated carbocycles. The predicted octanol–water partition coefficient (Wildman–Crippen LogP) is 1.53. The monoisotopic (exact) mass is 398 g/mol. The highest BCUT2D eigenvalue weighted by molar-refractivity contribution is 5.94. The Bertz CT molecular complexity index is 683. The first-order chi connectivity index (χ1) is 13.3. The lowest BCUT2D eigenvalue weighted by Gasteiger charge is -2.35. The summed E-state index contributed by atoms with van der Waals surface area (Å²) in [6.07, 6.45) is -2.58. The molecule has 9 heteroatoms. The first kappa shape index (κ1) is 20.6. The minimum Gasteiger partial charge on any atom is -0.354 e. The van der Waals surface area contributed by atoms with Gasteiger partial charge in [0.1, 0.15) is 6.04 Å². The molecule has 0 bridgehead atoms. The number of piperazine rings is 1. The third kappa shape index (κ3) is 5.93. The first-order valence-electron chi connectivity index (χ1n) is 9.51. The van der Waals surface area contributed by atoms with Crippen molar-refractivity contribution in [3.8, 4) is 0 Å². The van der Waals surface area contributed by atoms with Crippen LogP contribution >= 0.6 is 0 Å². The summed E-state index contributed by atoms with van der Waals surface area (Å²) < 4.78 is 40.0. The summed E-state index contributed by atoms with van der Waals surface area (Å²) >= 11 is 0. The zero-order valence-corrected chi connectivity index (χ0v) is 15.5. The highest BCUT2D eigenvalue weighted by atomic mass is 19.4. The molecule has 0 aromatic heterocycles. The first-order valence-corrected chi connectivity index (χ1v) is 9.51. The number of carbonyl (C=O) groups is 2. The van der Waals surface area contributed by atoms with E-state index in [9.17, 15) is 22.8 Å². The molecule has 2 amide bonds. The van der Waals surface area contributed by atoms with Gasteiger partial charge in [-0.1, -0.05) is 12.1 Å². The molecule has 2 fully saturated rings. The number of rotatable bonds is 7. The number of amides is 2. The van der Waals surface area contributed by atoms with Gasteiger partial charge >= 0.3 is 6.18 Å². The zero-order chi connectivity index (χ0) is 20.1. The number of alkyl halides is 3. The molecule has 28 heavy (non-hydrogen) atoms. The van der Waals surface area contributed by atoms with Crippen LogP contribution in [0.25, 0.3) is 0 Å². The van der Waals surface area contributed by atoms with E-state index in [1.54, 1.807) is 24.3 Å². The summed E-state index contributed by atoms with van der Waals surface area (Å²) in [4.78, 5) is 25.2. The van der Waals surface area contributed by atoms with Crippen LogP contribution in [0.15, 0.2) is 24.3 Å². The summed E-state index contributed by atoms with van der Waals surface area (Å²) in [7, 11) is 0. The zero-order valence-electron chi connectivity index (χ0n) is 15.5. The van der Waals surface area contributed by atoms with Crippen LogP contribution in [0.3, 0.4) is 0 Å². The van der Waals surface area contributed by atoms with Crippen molar-refractivity contribution in [2.45, 2.75) is 31.5 Å². The molecule has 0 radical (unpaired) electrons. The molecule has 1 aliphatic carbocycles. The topological polar surface area (TPSA) is 73.5 Å². The van der Waals surface area contributed by atoms with Crippen molar-refractivity contribution in [3.05, 3.63) is 29.8 Å². The Morgan fingerprint density at radius 1 is 1.14 bits per heavy atom. The maximum Gasteiger partial charge on any atom is 0.405 e. The van der Waals surface area contributed by atoms with E-state index in [0.29, 0.717) is 37.4 Å². The van der Waals surface area contributed by atoms with Crippen molar-refractivity contribution < 1.29 is 22.8 Å². The molecule has 1 heterocycles. The average molecular weight is 398 g/mol. The van der Waals surface area contributed by atoms with Crippen molar-refractivity contribution in [3.63, 3.8) is 0 Å². The fourth-order valence-corrected chi connectivity index (χ4v) is 3.20. The normalized spacial score (nSPS) is 19.1. The number of benzene rings is 1. The van der Waals surface area contributed by atoms with E-state index < -0.39 is 24.7 Å². The van der Waals surface area contributed by atoms with Gasteiger partial charge in [-0.2, -0.15) is 13.2 Å². The molecule has 3 N–H and O–H groups in total. The SMILES string of the molecule is O=C(Cc1ccc(NC(=O)C2CC2)cc1)NCC(N1CCNCC1)C(F)(F)F. The van der Waals surface area contributed by atoms with Crippen molar-refractivity contribution >= 4 is 17.5 Å². The lowest BCUT2D eigenvalue weighted by molar-refractivity contribution is -0.184. The van der Waals surface area contributed by atoms with Crippen LogP contribution in [0.2, 0.25) is 0 Å². The van der Waals surface area contributed by atoms with Crippen molar-refractivity contribution in [1.29, 1.82) is 0 Å². The summed E-state index contributed by atoms with van der Waals surface area (Å²) in [6.45, 7) is 1.15. The van der Waals surface area contributed by atoms with Crippen molar-refractivity contribution in [2.24, 2.45) is 5.92 Å². The van der Waals surface area contributed by atoms with Gasteiger partial charge in [-0.25, -0.2) is 0 Å². The van der Waals surface area contributed by atoms with Crippen molar-refractivity contribution in [2.75, 3.05) is 38.0 Å². The maximum atomic E-state index is 13.3. The van der Waals surface area contributed by atoms with Crippen LogP contribution in [0.4, 0.5) is 18.9 Å². The van der Waals surface area contributed by atoms with Crippen LogP contribution in [-0.4, -0.2) is 61.7 Å². The van der Waals surface area contributed by atoms with Crippen LogP contribution in [-0.2, 0) is 16.0 Å². The van der Waals surface area contributed by atoms with E-state index in [4.69, 9.17) is 0 Å². The Labute approximate surface area is 161 Å².